The predicted molar refractivity (Wildman–Crippen MR) is 141 cm³/mol. The van der Waals surface area contributed by atoms with Crippen LogP contribution in [0.2, 0.25) is 5.02 Å². The molecule has 34 heavy (non-hydrogen) atoms. The topological polar surface area (TPSA) is 32.3 Å². The number of rotatable bonds is 13. The van der Waals surface area contributed by atoms with Crippen LogP contribution in [0.5, 0.6) is 0 Å². The molecule has 1 amide bonds. The lowest BCUT2D eigenvalue weighted by atomic mass is 9.55. The van der Waals surface area contributed by atoms with Gasteiger partial charge in [0.05, 0.1) is 10.6 Å². The Labute approximate surface area is 212 Å². The van der Waals surface area contributed by atoms with Crippen LogP contribution in [0.3, 0.4) is 0 Å². The summed E-state index contributed by atoms with van der Waals surface area (Å²) in [5.74, 6) is 2.90. The van der Waals surface area contributed by atoms with Gasteiger partial charge < -0.3 is 10.2 Å². The minimum Gasteiger partial charge on any atom is -0.351 e. The van der Waals surface area contributed by atoms with Gasteiger partial charge in [0.2, 0.25) is 0 Å². The maximum Gasteiger partial charge on any atom is 0.252 e. The van der Waals surface area contributed by atoms with Crippen LogP contribution in [0.4, 0.5) is 0 Å². The molecule has 5 atom stereocenters. The Bertz CT molecular complexity index is 875. The first-order chi connectivity index (χ1) is 16.5. The van der Waals surface area contributed by atoms with Gasteiger partial charge in [-0.05, 0) is 130 Å². The largest absolute Gasteiger partial charge is 0.351 e. The molecule has 0 aliphatic heterocycles. The summed E-state index contributed by atoms with van der Waals surface area (Å²) in [6.07, 6.45) is 15.7. The highest BCUT2D eigenvalue weighted by atomic mass is 35.5. The van der Waals surface area contributed by atoms with Crippen LogP contribution in [0.1, 0.15) is 100 Å². The predicted octanol–water partition coefficient (Wildman–Crippen LogP) is 7.12. The number of amides is 1. The van der Waals surface area contributed by atoms with E-state index in [1.807, 2.05) is 6.07 Å². The first-order valence-electron chi connectivity index (χ1n) is 14.3. The van der Waals surface area contributed by atoms with Gasteiger partial charge in [-0.15, -0.1) is 0 Å². The Kier molecular flexibility index (Phi) is 7.34. The van der Waals surface area contributed by atoms with Crippen LogP contribution < -0.4 is 5.32 Å². The van der Waals surface area contributed by atoms with Crippen LogP contribution in [0.15, 0.2) is 18.2 Å². The molecule has 5 rings (SSSR count). The molecule has 4 saturated carbocycles. The molecule has 3 nitrogen and oxygen atoms in total. The summed E-state index contributed by atoms with van der Waals surface area (Å²) < 4.78 is 0. The zero-order chi connectivity index (χ0) is 23.8. The van der Waals surface area contributed by atoms with Gasteiger partial charge in [0.15, 0.2) is 0 Å². The van der Waals surface area contributed by atoms with E-state index >= 15 is 0 Å². The summed E-state index contributed by atoms with van der Waals surface area (Å²) in [7, 11) is 0. The summed E-state index contributed by atoms with van der Waals surface area (Å²) in [5.41, 5.74) is 2.93. The highest BCUT2D eigenvalue weighted by molar-refractivity contribution is 6.33. The number of unbranched alkanes of at least 4 members (excludes halogenated alkanes) is 2. The van der Waals surface area contributed by atoms with Crippen molar-refractivity contribution >= 4 is 17.5 Å². The number of carbonyl (C=O) groups is 1. The molecule has 1 aromatic carbocycles. The highest BCUT2D eigenvalue weighted by Crippen LogP contribution is 2.78. The first kappa shape index (κ1) is 24.6. The molecule has 4 fully saturated rings. The Morgan fingerprint density at radius 2 is 1.79 bits per heavy atom. The second-order valence-corrected chi connectivity index (χ2v) is 12.8. The van der Waals surface area contributed by atoms with Crippen LogP contribution in [-0.2, 0) is 6.42 Å². The second kappa shape index (κ2) is 10.1. The molecule has 0 radical (unpaired) electrons. The third kappa shape index (κ3) is 4.69. The van der Waals surface area contributed by atoms with Crippen molar-refractivity contribution in [1.29, 1.82) is 0 Å². The molecule has 0 saturated heterocycles. The van der Waals surface area contributed by atoms with Gasteiger partial charge in [-0.1, -0.05) is 44.4 Å². The minimum atomic E-state index is 0.0277. The zero-order valence-corrected chi connectivity index (χ0v) is 22.3. The molecular weight excluding hydrogens is 440 g/mol. The van der Waals surface area contributed by atoms with E-state index in [-0.39, 0.29) is 5.91 Å². The van der Waals surface area contributed by atoms with Crippen molar-refractivity contribution in [3.05, 3.63) is 34.3 Å². The molecule has 188 valence electrons. The summed E-state index contributed by atoms with van der Waals surface area (Å²) in [6, 6.07) is 6.08. The molecule has 1 N–H and O–H groups in total. The van der Waals surface area contributed by atoms with Crippen molar-refractivity contribution in [2.24, 2.45) is 28.6 Å². The molecule has 4 heteroatoms. The van der Waals surface area contributed by atoms with Gasteiger partial charge in [-0.25, -0.2) is 0 Å². The summed E-state index contributed by atoms with van der Waals surface area (Å²) >= 11 is 6.50. The molecule has 0 aromatic heterocycles. The quantitative estimate of drug-likeness (QED) is 0.323. The van der Waals surface area contributed by atoms with Gasteiger partial charge in [0.25, 0.3) is 5.91 Å². The van der Waals surface area contributed by atoms with E-state index in [1.165, 1.54) is 82.9 Å². The Hall–Kier alpha value is -1.06. The number of carbonyl (C=O) groups excluding carboxylic acids is 1. The molecule has 1 aromatic rings. The van der Waals surface area contributed by atoms with Gasteiger partial charge >= 0.3 is 0 Å². The van der Waals surface area contributed by atoms with E-state index in [1.54, 1.807) is 0 Å². The van der Waals surface area contributed by atoms with Crippen molar-refractivity contribution in [3.8, 4) is 0 Å². The van der Waals surface area contributed by atoms with Crippen LogP contribution in [-0.4, -0.2) is 37.0 Å². The molecule has 5 unspecified atom stereocenters. The van der Waals surface area contributed by atoms with Crippen molar-refractivity contribution in [2.45, 2.75) is 90.9 Å². The van der Waals surface area contributed by atoms with Gasteiger partial charge in [-0.3, -0.25) is 4.79 Å². The zero-order valence-electron chi connectivity index (χ0n) is 21.5. The first-order valence-corrected chi connectivity index (χ1v) is 14.6. The van der Waals surface area contributed by atoms with E-state index in [0.29, 0.717) is 21.4 Å². The normalized spacial score (nSPS) is 32.8. The van der Waals surface area contributed by atoms with Crippen molar-refractivity contribution < 1.29 is 4.79 Å². The number of nitrogens with zero attached hydrogens (tertiary/aromatic N) is 1. The van der Waals surface area contributed by atoms with Gasteiger partial charge in [-0.2, -0.15) is 0 Å². The Morgan fingerprint density at radius 1 is 1.03 bits per heavy atom. The Balaban J connectivity index is 1.15. The Morgan fingerprint density at radius 3 is 2.56 bits per heavy atom. The maximum atomic E-state index is 13.2. The van der Waals surface area contributed by atoms with E-state index < -0.39 is 0 Å². The summed E-state index contributed by atoms with van der Waals surface area (Å²) in [6.45, 7) is 8.93. The summed E-state index contributed by atoms with van der Waals surface area (Å²) in [4.78, 5) is 15.8. The van der Waals surface area contributed by atoms with Crippen molar-refractivity contribution in [1.82, 2.24) is 10.2 Å². The van der Waals surface area contributed by atoms with Crippen LogP contribution in [0.25, 0.3) is 0 Å². The highest BCUT2D eigenvalue weighted by Gasteiger charge is 2.70. The number of hydrogen-bond donors (Lipinski definition) is 1. The van der Waals surface area contributed by atoms with Gasteiger partial charge in [0.1, 0.15) is 0 Å². The fraction of sp³-hybridized carbons (Fsp3) is 0.767. The monoisotopic (exact) mass is 484 g/mol. The van der Waals surface area contributed by atoms with E-state index in [2.05, 4.69) is 36.2 Å². The molecular formula is C30H45ClN2O. The smallest absolute Gasteiger partial charge is 0.252 e. The minimum absolute atomic E-state index is 0.0277. The number of fused-ring (bicyclic) bond motifs is 2. The van der Waals surface area contributed by atoms with E-state index in [4.69, 9.17) is 11.6 Å². The fourth-order valence-corrected chi connectivity index (χ4v) is 8.82. The third-order valence-electron chi connectivity index (χ3n) is 10.1. The molecule has 4 aliphatic carbocycles. The number of benzene rings is 1. The lowest BCUT2D eigenvalue weighted by Gasteiger charge is -2.49. The molecule has 1 spiro atoms. The molecule has 0 heterocycles. The molecule has 3 bridgehead atoms. The average Bonchev–Trinajstić information content (AvgIpc) is 3.14. The maximum absolute atomic E-state index is 13.2. The second-order valence-electron chi connectivity index (χ2n) is 12.4. The number of hydrogen-bond acceptors (Lipinski definition) is 2. The molecule has 4 aliphatic rings. The summed E-state index contributed by atoms with van der Waals surface area (Å²) in [5, 5.41) is 3.93. The average molecular weight is 485 g/mol. The van der Waals surface area contributed by atoms with Crippen LogP contribution >= 0.6 is 11.6 Å². The third-order valence-corrected chi connectivity index (χ3v) is 10.4. The van der Waals surface area contributed by atoms with Crippen molar-refractivity contribution in [2.75, 3.05) is 26.2 Å². The number of aryl methyl sites for hydroxylation is 1. The van der Waals surface area contributed by atoms with E-state index in [9.17, 15) is 4.79 Å². The number of nitrogens with one attached hydrogen (secondary N) is 1. The SMILES string of the molecule is CCCCN(CCCC)CCCc1ccc(Cl)c(C(=O)NCC23CC4CC5CC(C2)C5(C4)C3)c1. The number of halogens is 1. The van der Waals surface area contributed by atoms with Crippen molar-refractivity contribution in [3.63, 3.8) is 0 Å². The standard InChI is InChI=1S/C30H45ClN2O/c1-3-5-11-33(12-6-4-2)13-7-8-22-9-10-27(31)26(15-22)28(34)32-21-29-17-23-14-24-16-25(19-29)30(24,18-23)20-29/h9-10,15,23-25H,3-8,11-14,16-21H2,1-2H3,(H,32,34). The van der Waals surface area contributed by atoms with Gasteiger partial charge in [0, 0.05) is 6.54 Å². The lowest BCUT2D eigenvalue weighted by molar-refractivity contribution is -0.00253. The lowest BCUT2D eigenvalue weighted by Crippen LogP contribution is -2.43. The fourth-order valence-electron chi connectivity index (χ4n) is 8.61. The van der Waals surface area contributed by atoms with Crippen LogP contribution in [0, 0.1) is 28.6 Å². The van der Waals surface area contributed by atoms with E-state index in [0.717, 1.165) is 43.7 Å².